The summed E-state index contributed by atoms with van der Waals surface area (Å²) in [6, 6.07) is 3.18. The number of hydrogen-bond acceptors (Lipinski definition) is 6. The standard InChI is InChI=1S/C12H10ClN3O3S/c1-19-9(17)5-7-6-20-12(15-7)16-11(18)8-3-2-4-14-10(8)13/h2-4,6H,5H2,1H3,(H,15,16,18). The first-order chi connectivity index (χ1) is 9.60. The van der Waals surface area contributed by atoms with Gasteiger partial charge in [-0.2, -0.15) is 0 Å². The summed E-state index contributed by atoms with van der Waals surface area (Å²) in [4.78, 5) is 31.0. The molecular formula is C12H10ClN3O3S. The molecule has 0 bridgehead atoms. The molecule has 0 spiro atoms. The Hall–Kier alpha value is -1.99. The average Bonchev–Trinajstić information content (AvgIpc) is 2.86. The Labute approximate surface area is 123 Å². The van der Waals surface area contributed by atoms with Crippen molar-refractivity contribution in [3.63, 3.8) is 0 Å². The number of rotatable bonds is 4. The summed E-state index contributed by atoms with van der Waals surface area (Å²) in [6.45, 7) is 0. The third-order valence-electron chi connectivity index (χ3n) is 2.33. The predicted molar refractivity (Wildman–Crippen MR) is 75.0 cm³/mol. The van der Waals surface area contributed by atoms with E-state index in [-0.39, 0.29) is 23.1 Å². The molecule has 0 aliphatic rings. The second-order valence-corrected chi connectivity index (χ2v) is 4.91. The van der Waals surface area contributed by atoms with E-state index in [1.807, 2.05) is 0 Å². The van der Waals surface area contributed by atoms with Crippen LogP contribution in [0.3, 0.4) is 0 Å². The van der Waals surface area contributed by atoms with Crippen LogP contribution in [0.5, 0.6) is 0 Å². The number of thiazole rings is 1. The molecule has 2 aromatic heterocycles. The number of hydrogen-bond donors (Lipinski definition) is 1. The number of nitrogens with zero attached hydrogens (tertiary/aromatic N) is 2. The summed E-state index contributed by atoms with van der Waals surface area (Å²) in [7, 11) is 1.31. The van der Waals surface area contributed by atoms with Gasteiger partial charge in [-0.15, -0.1) is 11.3 Å². The summed E-state index contributed by atoms with van der Waals surface area (Å²) in [6.07, 6.45) is 1.56. The van der Waals surface area contributed by atoms with Gasteiger partial charge in [0.05, 0.1) is 24.8 Å². The van der Waals surface area contributed by atoms with Crippen LogP contribution in [0.1, 0.15) is 16.1 Å². The van der Waals surface area contributed by atoms with Crippen molar-refractivity contribution >= 4 is 39.9 Å². The molecule has 20 heavy (non-hydrogen) atoms. The van der Waals surface area contributed by atoms with Gasteiger partial charge in [0.25, 0.3) is 5.91 Å². The number of anilines is 1. The van der Waals surface area contributed by atoms with Crippen LogP contribution in [0, 0.1) is 0 Å². The van der Waals surface area contributed by atoms with Crippen LogP contribution in [0.2, 0.25) is 5.15 Å². The molecule has 0 atom stereocenters. The molecule has 0 saturated heterocycles. The summed E-state index contributed by atoms with van der Waals surface area (Å²) in [5.41, 5.74) is 0.799. The molecule has 6 nitrogen and oxygen atoms in total. The van der Waals surface area contributed by atoms with Gasteiger partial charge < -0.3 is 4.74 Å². The maximum absolute atomic E-state index is 12.0. The van der Waals surface area contributed by atoms with E-state index >= 15 is 0 Å². The highest BCUT2D eigenvalue weighted by Crippen LogP contribution is 2.19. The Morgan fingerprint density at radius 3 is 3.00 bits per heavy atom. The number of aromatic nitrogens is 2. The minimum atomic E-state index is -0.401. The van der Waals surface area contributed by atoms with E-state index in [9.17, 15) is 9.59 Å². The van der Waals surface area contributed by atoms with Crippen molar-refractivity contribution in [2.24, 2.45) is 0 Å². The van der Waals surface area contributed by atoms with Gasteiger partial charge in [-0.1, -0.05) is 11.6 Å². The lowest BCUT2D eigenvalue weighted by Gasteiger charge is -2.02. The zero-order valence-corrected chi connectivity index (χ0v) is 12.0. The highest BCUT2D eigenvalue weighted by Gasteiger charge is 2.13. The van der Waals surface area contributed by atoms with E-state index in [1.165, 1.54) is 24.6 Å². The molecule has 1 N–H and O–H groups in total. The Morgan fingerprint density at radius 1 is 1.50 bits per heavy atom. The van der Waals surface area contributed by atoms with Crippen LogP contribution < -0.4 is 5.32 Å². The number of pyridine rings is 1. The summed E-state index contributed by atoms with van der Waals surface area (Å²) < 4.78 is 4.54. The van der Waals surface area contributed by atoms with E-state index < -0.39 is 5.91 Å². The first kappa shape index (κ1) is 14.4. The fourth-order valence-corrected chi connectivity index (χ4v) is 2.30. The zero-order chi connectivity index (χ0) is 14.5. The maximum atomic E-state index is 12.0. The molecule has 0 fully saturated rings. The van der Waals surface area contributed by atoms with Crippen LogP contribution in [-0.4, -0.2) is 29.0 Å². The fourth-order valence-electron chi connectivity index (χ4n) is 1.39. The minimum absolute atomic E-state index is 0.0660. The Kier molecular flexibility index (Phi) is 4.65. The van der Waals surface area contributed by atoms with E-state index in [2.05, 4.69) is 20.0 Å². The zero-order valence-electron chi connectivity index (χ0n) is 10.4. The first-order valence-electron chi connectivity index (χ1n) is 5.53. The van der Waals surface area contributed by atoms with Crippen molar-refractivity contribution in [2.75, 3.05) is 12.4 Å². The number of esters is 1. The summed E-state index contributed by atoms with van der Waals surface area (Å²) in [5, 5.41) is 4.79. The van der Waals surface area contributed by atoms with Crippen molar-refractivity contribution in [3.8, 4) is 0 Å². The number of ether oxygens (including phenoxy) is 1. The molecule has 2 heterocycles. The molecular weight excluding hydrogens is 302 g/mol. The van der Waals surface area contributed by atoms with Crippen molar-refractivity contribution in [1.82, 2.24) is 9.97 Å². The minimum Gasteiger partial charge on any atom is -0.469 e. The van der Waals surface area contributed by atoms with Crippen LogP contribution in [-0.2, 0) is 16.0 Å². The van der Waals surface area contributed by atoms with Crippen LogP contribution in [0.15, 0.2) is 23.7 Å². The molecule has 8 heteroatoms. The number of halogens is 1. The first-order valence-corrected chi connectivity index (χ1v) is 6.79. The predicted octanol–water partition coefficient (Wildman–Crippen LogP) is 2.16. The maximum Gasteiger partial charge on any atom is 0.311 e. The van der Waals surface area contributed by atoms with E-state index in [0.717, 1.165) is 0 Å². The topological polar surface area (TPSA) is 81.2 Å². The SMILES string of the molecule is COC(=O)Cc1csc(NC(=O)c2cccnc2Cl)n1. The molecule has 1 amide bonds. The van der Waals surface area contributed by atoms with E-state index in [4.69, 9.17) is 11.6 Å². The smallest absolute Gasteiger partial charge is 0.311 e. The van der Waals surface area contributed by atoms with Crippen molar-refractivity contribution in [1.29, 1.82) is 0 Å². The van der Waals surface area contributed by atoms with Gasteiger partial charge >= 0.3 is 5.97 Å². The number of carbonyl (C=O) groups excluding carboxylic acids is 2. The summed E-state index contributed by atoms with van der Waals surface area (Å²) in [5.74, 6) is -0.787. The van der Waals surface area contributed by atoms with Crippen LogP contribution >= 0.6 is 22.9 Å². The fraction of sp³-hybridized carbons (Fsp3) is 0.167. The number of nitrogens with one attached hydrogen (secondary N) is 1. The monoisotopic (exact) mass is 311 g/mol. The van der Waals surface area contributed by atoms with Gasteiger partial charge in [-0.3, -0.25) is 14.9 Å². The molecule has 2 aromatic rings. The molecule has 2 rings (SSSR count). The highest BCUT2D eigenvalue weighted by atomic mass is 35.5. The van der Waals surface area contributed by atoms with Crippen LogP contribution in [0.25, 0.3) is 0 Å². The number of amides is 1. The van der Waals surface area contributed by atoms with Crippen molar-refractivity contribution in [3.05, 3.63) is 40.1 Å². The summed E-state index contributed by atoms with van der Waals surface area (Å²) >= 11 is 7.04. The number of methoxy groups -OCH3 is 1. The lowest BCUT2D eigenvalue weighted by molar-refractivity contribution is -0.139. The Morgan fingerprint density at radius 2 is 2.30 bits per heavy atom. The third-order valence-corrected chi connectivity index (χ3v) is 3.44. The Balaban J connectivity index is 2.05. The van der Waals surface area contributed by atoms with E-state index in [1.54, 1.807) is 17.5 Å². The van der Waals surface area contributed by atoms with Gasteiger partial charge in [0.2, 0.25) is 0 Å². The quantitative estimate of drug-likeness (QED) is 0.691. The van der Waals surface area contributed by atoms with Gasteiger partial charge in [0.15, 0.2) is 5.13 Å². The van der Waals surface area contributed by atoms with Gasteiger partial charge in [0, 0.05) is 11.6 Å². The lowest BCUT2D eigenvalue weighted by atomic mass is 10.3. The largest absolute Gasteiger partial charge is 0.469 e. The van der Waals surface area contributed by atoms with Gasteiger partial charge in [-0.25, -0.2) is 9.97 Å². The van der Waals surface area contributed by atoms with Crippen molar-refractivity contribution in [2.45, 2.75) is 6.42 Å². The van der Waals surface area contributed by atoms with Gasteiger partial charge in [0.1, 0.15) is 5.15 Å². The van der Waals surface area contributed by atoms with Gasteiger partial charge in [-0.05, 0) is 12.1 Å². The molecule has 0 aliphatic heterocycles. The molecule has 0 aliphatic carbocycles. The molecule has 0 saturated carbocycles. The molecule has 0 unspecified atom stereocenters. The van der Waals surface area contributed by atoms with Crippen LogP contribution in [0.4, 0.5) is 5.13 Å². The lowest BCUT2D eigenvalue weighted by Crippen LogP contribution is -2.13. The van der Waals surface area contributed by atoms with Crippen molar-refractivity contribution < 1.29 is 14.3 Å². The molecule has 0 radical (unpaired) electrons. The molecule has 104 valence electrons. The second kappa shape index (κ2) is 6.44. The van der Waals surface area contributed by atoms with E-state index in [0.29, 0.717) is 10.8 Å². The highest BCUT2D eigenvalue weighted by molar-refractivity contribution is 7.14. The second-order valence-electron chi connectivity index (χ2n) is 3.69. The average molecular weight is 312 g/mol. The normalized spacial score (nSPS) is 10.1. The number of carbonyl (C=O) groups is 2. The Bertz CT molecular complexity index is 644. The molecule has 0 aromatic carbocycles. The third kappa shape index (κ3) is 3.52.